The summed E-state index contributed by atoms with van der Waals surface area (Å²) in [6.45, 7) is 0. The molecule has 0 saturated carbocycles. The van der Waals surface area contributed by atoms with E-state index in [4.69, 9.17) is 10.5 Å². The summed E-state index contributed by atoms with van der Waals surface area (Å²) in [5.41, 5.74) is -0.694. The van der Waals surface area contributed by atoms with Crippen molar-refractivity contribution in [1.82, 2.24) is 4.98 Å². The van der Waals surface area contributed by atoms with Crippen LogP contribution in [0.3, 0.4) is 0 Å². The molecule has 9 nitrogen and oxygen atoms in total. The van der Waals surface area contributed by atoms with E-state index in [0.29, 0.717) is 29.1 Å². The van der Waals surface area contributed by atoms with E-state index in [1.165, 1.54) is 12.4 Å². The number of thioether (sulfide) groups is 2. The first-order valence-electron chi connectivity index (χ1n) is 6.03. The van der Waals surface area contributed by atoms with E-state index in [-0.39, 0.29) is 10.5 Å². The Balaban J connectivity index is 2.95. The number of thiocyanates is 2. The van der Waals surface area contributed by atoms with Crippen LogP contribution in [0.4, 0.5) is 11.4 Å². The number of nitriles is 2. The van der Waals surface area contributed by atoms with Gasteiger partial charge < -0.3 is 0 Å². The molecule has 1 aromatic carbocycles. The first-order valence-corrected chi connectivity index (χ1v) is 7.66. The Hall–Kier alpha value is -3.15. The van der Waals surface area contributed by atoms with Crippen LogP contribution in [-0.4, -0.2) is 14.8 Å². The highest BCUT2D eigenvalue weighted by Gasteiger charge is 2.33. The molecule has 0 N–H and O–H groups in total. The van der Waals surface area contributed by atoms with Gasteiger partial charge in [0.2, 0.25) is 0 Å². The lowest BCUT2D eigenvalue weighted by Crippen LogP contribution is -2.01. The van der Waals surface area contributed by atoms with Crippen molar-refractivity contribution in [3.8, 4) is 21.9 Å². The summed E-state index contributed by atoms with van der Waals surface area (Å²) in [7, 11) is 0. The Labute approximate surface area is 143 Å². The number of pyridine rings is 1. The van der Waals surface area contributed by atoms with Crippen molar-refractivity contribution in [2.75, 3.05) is 0 Å². The molecule has 118 valence electrons. The molecule has 11 heteroatoms. The molecule has 0 radical (unpaired) electrons. The summed E-state index contributed by atoms with van der Waals surface area (Å²) in [5.74, 6) is 0. The Morgan fingerprint density at radius 2 is 1.75 bits per heavy atom. The molecule has 0 atom stereocenters. The minimum atomic E-state index is -0.827. The molecule has 0 aliphatic carbocycles. The van der Waals surface area contributed by atoms with E-state index in [2.05, 4.69) is 4.98 Å². The van der Waals surface area contributed by atoms with Crippen LogP contribution in [0.15, 0.2) is 40.4 Å². The van der Waals surface area contributed by atoms with Crippen LogP contribution in [0.5, 0.6) is 0 Å². The fourth-order valence-corrected chi connectivity index (χ4v) is 3.27. The highest BCUT2D eigenvalue weighted by atomic mass is 32.2. The first-order chi connectivity index (χ1) is 11.5. The quantitative estimate of drug-likeness (QED) is 0.337. The maximum Gasteiger partial charge on any atom is 0.306 e. The van der Waals surface area contributed by atoms with E-state index >= 15 is 0 Å². The van der Waals surface area contributed by atoms with Crippen LogP contribution in [0.2, 0.25) is 0 Å². The summed E-state index contributed by atoms with van der Waals surface area (Å²) in [6.07, 6.45) is 2.85. The number of nitro benzene ring substituents is 2. The lowest BCUT2D eigenvalue weighted by Gasteiger charge is -2.09. The second-order valence-corrected chi connectivity index (χ2v) is 5.68. The van der Waals surface area contributed by atoms with Crippen LogP contribution in [0.1, 0.15) is 0 Å². The topological polar surface area (TPSA) is 147 Å². The summed E-state index contributed by atoms with van der Waals surface area (Å²) < 4.78 is 0. The van der Waals surface area contributed by atoms with Gasteiger partial charge in [-0.3, -0.25) is 25.2 Å². The largest absolute Gasteiger partial charge is 0.306 e. The number of benzene rings is 1. The Morgan fingerprint density at radius 1 is 1.08 bits per heavy atom. The van der Waals surface area contributed by atoms with Crippen LogP contribution in [0, 0.1) is 41.6 Å². The van der Waals surface area contributed by atoms with Gasteiger partial charge in [0.15, 0.2) is 4.90 Å². The monoisotopic (exact) mass is 359 g/mol. The SMILES string of the molecule is N#CSc1c(-c2cccnc2)cc([N+](=O)[O-])c(SC#N)c1[N+](=O)[O-]. The van der Waals surface area contributed by atoms with Gasteiger partial charge in [-0.1, -0.05) is 6.07 Å². The van der Waals surface area contributed by atoms with Crippen molar-refractivity contribution in [3.05, 3.63) is 50.8 Å². The van der Waals surface area contributed by atoms with E-state index in [9.17, 15) is 20.2 Å². The highest BCUT2D eigenvalue weighted by Crippen LogP contribution is 2.48. The van der Waals surface area contributed by atoms with Crippen molar-refractivity contribution < 1.29 is 9.85 Å². The van der Waals surface area contributed by atoms with E-state index in [1.807, 2.05) is 0 Å². The third kappa shape index (κ3) is 3.27. The molecule has 2 aromatic rings. The second-order valence-electron chi connectivity index (χ2n) is 4.09. The van der Waals surface area contributed by atoms with Crippen molar-refractivity contribution in [1.29, 1.82) is 10.5 Å². The minimum absolute atomic E-state index is 0.0705. The molecule has 0 spiro atoms. The zero-order chi connectivity index (χ0) is 17.7. The normalized spacial score (nSPS) is 9.75. The molecular weight excluding hydrogens is 354 g/mol. The van der Waals surface area contributed by atoms with Gasteiger partial charge in [0.25, 0.3) is 5.69 Å². The van der Waals surface area contributed by atoms with Crippen LogP contribution in [-0.2, 0) is 0 Å². The van der Waals surface area contributed by atoms with E-state index in [0.717, 1.165) is 6.07 Å². The molecule has 1 aromatic heterocycles. The summed E-state index contributed by atoms with van der Waals surface area (Å²) in [6, 6.07) is 4.24. The number of aromatic nitrogens is 1. The van der Waals surface area contributed by atoms with Gasteiger partial charge in [-0.2, -0.15) is 10.5 Å². The van der Waals surface area contributed by atoms with E-state index < -0.39 is 26.1 Å². The highest BCUT2D eigenvalue weighted by molar-refractivity contribution is 8.04. The second kappa shape index (κ2) is 7.41. The number of nitro groups is 2. The third-order valence-corrected chi connectivity index (χ3v) is 4.24. The summed E-state index contributed by atoms with van der Waals surface area (Å²) >= 11 is 0.816. The van der Waals surface area contributed by atoms with Crippen molar-refractivity contribution in [3.63, 3.8) is 0 Å². The molecule has 2 rings (SSSR count). The van der Waals surface area contributed by atoms with E-state index in [1.54, 1.807) is 22.9 Å². The van der Waals surface area contributed by atoms with Gasteiger partial charge >= 0.3 is 5.69 Å². The van der Waals surface area contributed by atoms with Crippen LogP contribution >= 0.6 is 23.5 Å². The molecule has 0 fully saturated rings. The minimum Gasteiger partial charge on any atom is -0.264 e. The van der Waals surface area contributed by atoms with Crippen molar-refractivity contribution in [2.24, 2.45) is 0 Å². The maximum absolute atomic E-state index is 11.5. The molecule has 0 amide bonds. The zero-order valence-electron chi connectivity index (χ0n) is 11.6. The smallest absolute Gasteiger partial charge is 0.264 e. The van der Waals surface area contributed by atoms with Gasteiger partial charge in [0, 0.05) is 41.3 Å². The zero-order valence-corrected chi connectivity index (χ0v) is 13.2. The lowest BCUT2D eigenvalue weighted by molar-refractivity contribution is -0.401. The Bertz CT molecular complexity index is 905. The van der Waals surface area contributed by atoms with Gasteiger partial charge in [0.1, 0.15) is 15.7 Å². The fourth-order valence-electron chi connectivity index (χ4n) is 1.95. The fraction of sp³-hybridized carbons (Fsp3) is 0. The maximum atomic E-state index is 11.5. The molecule has 0 aliphatic rings. The van der Waals surface area contributed by atoms with Gasteiger partial charge in [-0.05, 0) is 17.8 Å². The molecule has 0 aliphatic heterocycles. The number of nitrogens with zero attached hydrogens (tertiary/aromatic N) is 5. The summed E-state index contributed by atoms with van der Waals surface area (Å²) in [4.78, 5) is 24.5. The predicted molar refractivity (Wildman–Crippen MR) is 85.9 cm³/mol. The molecular formula is C13H5N5O4S2. The Morgan fingerprint density at radius 3 is 2.25 bits per heavy atom. The standard InChI is InChI=1S/C13H5N5O4S2/c14-6-23-12-9(8-2-1-3-16-5-8)4-10(17(19)20)13(24-7-15)11(12)18(21)22/h1-5H. The number of rotatable bonds is 5. The average Bonchev–Trinajstić information content (AvgIpc) is 2.55. The van der Waals surface area contributed by atoms with Gasteiger partial charge in [0.05, 0.1) is 9.85 Å². The molecule has 24 heavy (non-hydrogen) atoms. The number of hydrogen-bond acceptors (Lipinski definition) is 9. The predicted octanol–water partition coefficient (Wildman–Crippen LogP) is 3.71. The summed E-state index contributed by atoms with van der Waals surface area (Å²) in [5, 5.41) is 43.9. The van der Waals surface area contributed by atoms with Crippen molar-refractivity contribution >= 4 is 34.9 Å². The van der Waals surface area contributed by atoms with Gasteiger partial charge in [-0.25, -0.2) is 0 Å². The number of hydrogen-bond donors (Lipinski definition) is 0. The first kappa shape index (κ1) is 17.2. The lowest BCUT2D eigenvalue weighted by atomic mass is 10.1. The molecule has 0 saturated heterocycles. The van der Waals surface area contributed by atoms with Crippen LogP contribution < -0.4 is 0 Å². The van der Waals surface area contributed by atoms with Crippen molar-refractivity contribution in [2.45, 2.75) is 9.79 Å². The van der Waals surface area contributed by atoms with Gasteiger partial charge in [-0.15, -0.1) is 0 Å². The molecule has 1 heterocycles. The average molecular weight is 359 g/mol. The molecule has 0 bridgehead atoms. The van der Waals surface area contributed by atoms with Crippen LogP contribution in [0.25, 0.3) is 11.1 Å². The third-order valence-electron chi connectivity index (χ3n) is 2.84. The Kier molecular flexibility index (Phi) is 5.31. The molecule has 0 unspecified atom stereocenters.